The summed E-state index contributed by atoms with van der Waals surface area (Å²) in [4.78, 5) is 0. The number of ether oxygens (including phenoxy) is 1. The summed E-state index contributed by atoms with van der Waals surface area (Å²) in [6, 6.07) is 7.32. The lowest BCUT2D eigenvalue weighted by Gasteiger charge is -2.17. The summed E-state index contributed by atoms with van der Waals surface area (Å²) in [5.41, 5.74) is 0.794. The number of aliphatic hydroxyl groups excluding tert-OH is 1. The Morgan fingerprint density at radius 2 is 1.75 bits per heavy atom. The molecule has 0 aliphatic rings. The van der Waals surface area contributed by atoms with Gasteiger partial charge in [-0.1, -0.05) is 27.6 Å². The van der Waals surface area contributed by atoms with Crippen LogP contribution in [0, 0.1) is 18.6 Å². The molecular weight excluding hydrogens is 330 g/mol. The molecule has 0 fully saturated rings. The van der Waals surface area contributed by atoms with Crippen molar-refractivity contribution in [1.29, 1.82) is 0 Å². The van der Waals surface area contributed by atoms with Gasteiger partial charge in [-0.2, -0.15) is 0 Å². The first kappa shape index (κ1) is 14.9. The molecule has 0 bridgehead atoms. The van der Waals surface area contributed by atoms with E-state index in [2.05, 4.69) is 15.9 Å². The van der Waals surface area contributed by atoms with Gasteiger partial charge in [0.15, 0.2) is 0 Å². The lowest BCUT2D eigenvalue weighted by Crippen LogP contribution is -2.08. The number of hydrogen-bond acceptors (Lipinski definition) is 2. The van der Waals surface area contributed by atoms with Crippen molar-refractivity contribution in [3.05, 3.63) is 63.1 Å². The minimum absolute atomic E-state index is 0.277. The molecule has 106 valence electrons. The molecule has 1 N–H and O–H groups in total. The number of aryl methyl sites for hydroxylation is 1. The molecule has 0 aliphatic heterocycles. The molecule has 2 rings (SSSR count). The quantitative estimate of drug-likeness (QED) is 0.908. The van der Waals surface area contributed by atoms with Crippen LogP contribution in [0.2, 0.25) is 0 Å². The van der Waals surface area contributed by atoms with Gasteiger partial charge in [0.1, 0.15) is 23.5 Å². The van der Waals surface area contributed by atoms with E-state index in [0.29, 0.717) is 11.3 Å². The van der Waals surface area contributed by atoms with Crippen molar-refractivity contribution in [2.45, 2.75) is 13.0 Å². The van der Waals surface area contributed by atoms with E-state index >= 15 is 0 Å². The zero-order chi connectivity index (χ0) is 14.9. The Bertz CT molecular complexity index is 621. The van der Waals surface area contributed by atoms with Gasteiger partial charge in [-0.05, 0) is 31.2 Å². The van der Waals surface area contributed by atoms with Crippen molar-refractivity contribution in [3.8, 4) is 5.75 Å². The Labute approximate surface area is 124 Å². The van der Waals surface area contributed by atoms with Crippen LogP contribution in [0.1, 0.15) is 22.8 Å². The molecule has 0 saturated heterocycles. The molecule has 0 aliphatic carbocycles. The number of halogens is 3. The maximum absolute atomic E-state index is 13.9. The van der Waals surface area contributed by atoms with Gasteiger partial charge < -0.3 is 9.84 Å². The summed E-state index contributed by atoms with van der Waals surface area (Å²) < 4.78 is 33.2. The largest absolute Gasteiger partial charge is 0.496 e. The van der Waals surface area contributed by atoms with E-state index in [9.17, 15) is 13.9 Å². The third kappa shape index (κ3) is 2.83. The molecule has 0 spiro atoms. The molecule has 2 aromatic rings. The minimum Gasteiger partial charge on any atom is -0.496 e. The summed E-state index contributed by atoms with van der Waals surface area (Å²) in [7, 11) is 1.44. The Morgan fingerprint density at radius 3 is 2.30 bits per heavy atom. The van der Waals surface area contributed by atoms with E-state index in [0.717, 1.165) is 17.7 Å². The van der Waals surface area contributed by atoms with Crippen LogP contribution in [-0.2, 0) is 0 Å². The highest BCUT2D eigenvalue weighted by Gasteiger charge is 2.23. The fourth-order valence-electron chi connectivity index (χ4n) is 2.04. The second-order valence-corrected chi connectivity index (χ2v) is 5.35. The highest BCUT2D eigenvalue weighted by molar-refractivity contribution is 9.10. The van der Waals surface area contributed by atoms with Crippen molar-refractivity contribution in [2.75, 3.05) is 7.11 Å². The Morgan fingerprint density at radius 1 is 1.15 bits per heavy atom. The molecule has 0 heterocycles. The molecule has 0 saturated carbocycles. The van der Waals surface area contributed by atoms with Gasteiger partial charge in [0.05, 0.1) is 12.7 Å². The molecule has 20 heavy (non-hydrogen) atoms. The predicted octanol–water partition coefficient (Wildman–Crippen LogP) is 4.13. The first-order valence-corrected chi connectivity index (χ1v) is 6.70. The molecule has 0 amide bonds. The topological polar surface area (TPSA) is 29.5 Å². The molecule has 0 aromatic heterocycles. The highest BCUT2D eigenvalue weighted by atomic mass is 79.9. The van der Waals surface area contributed by atoms with Crippen molar-refractivity contribution in [2.24, 2.45) is 0 Å². The van der Waals surface area contributed by atoms with Gasteiger partial charge in [0, 0.05) is 10.0 Å². The van der Waals surface area contributed by atoms with Gasteiger partial charge in [-0.15, -0.1) is 0 Å². The second kappa shape index (κ2) is 5.89. The Kier molecular flexibility index (Phi) is 4.40. The first-order valence-electron chi connectivity index (χ1n) is 5.91. The number of hydrogen-bond donors (Lipinski definition) is 1. The molecule has 2 aromatic carbocycles. The van der Waals surface area contributed by atoms with E-state index < -0.39 is 23.3 Å². The van der Waals surface area contributed by atoms with E-state index in [1.165, 1.54) is 7.11 Å². The number of benzene rings is 2. The average molecular weight is 343 g/mol. The van der Waals surface area contributed by atoms with Crippen LogP contribution < -0.4 is 4.74 Å². The third-order valence-corrected chi connectivity index (χ3v) is 3.45. The fraction of sp³-hybridized carbons (Fsp3) is 0.200. The molecule has 2 nitrogen and oxygen atoms in total. The van der Waals surface area contributed by atoms with Gasteiger partial charge in [-0.25, -0.2) is 8.78 Å². The van der Waals surface area contributed by atoms with Crippen molar-refractivity contribution in [1.82, 2.24) is 0 Å². The number of rotatable bonds is 3. The van der Waals surface area contributed by atoms with E-state index in [1.807, 2.05) is 6.92 Å². The van der Waals surface area contributed by atoms with Crippen LogP contribution in [0.25, 0.3) is 0 Å². The summed E-state index contributed by atoms with van der Waals surface area (Å²) >= 11 is 3.01. The van der Waals surface area contributed by atoms with Crippen molar-refractivity contribution >= 4 is 15.9 Å². The maximum Gasteiger partial charge on any atom is 0.133 e. The van der Waals surface area contributed by atoms with E-state index in [1.54, 1.807) is 18.2 Å². The lowest BCUT2D eigenvalue weighted by atomic mass is 9.98. The van der Waals surface area contributed by atoms with Crippen LogP contribution >= 0.6 is 15.9 Å². The summed E-state index contributed by atoms with van der Waals surface area (Å²) in [5.74, 6) is -1.24. The summed E-state index contributed by atoms with van der Waals surface area (Å²) in [6.45, 7) is 1.82. The molecule has 0 radical (unpaired) electrons. The van der Waals surface area contributed by atoms with E-state index in [4.69, 9.17) is 4.74 Å². The molecule has 1 unspecified atom stereocenters. The monoisotopic (exact) mass is 342 g/mol. The maximum atomic E-state index is 13.9. The zero-order valence-corrected chi connectivity index (χ0v) is 12.5. The standard InChI is InChI=1S/C15H13BrF2O2/c1-8-3-4-13(20-2)10(5-8)15(19)14-11(17)6-9(16)7-12(14)18/h3-7,15,19H,1-2H3. The lowest BCUT2D eigenvalue weighted by molar-refractivity contribution is 0.204. The first-order chi connectivity index (χ1) is 9.43. The van der Waals surface area contributed by atoms with Gasteiger partial charge >= 0.3 is 0 Å². The highest BCUT2D eigenvalue weighted by Crippen LogP contribution is 2.34. The van der Waals surface area contributed by atoms with Crippen molar-refractivity contribution < 1.29 is 18.6 Å². The van der Waals surface area contributed by atoms with Crippen LogP contribution in [-0.4, -0.2) is 12.2 Å². The van der Waals surface area contributed by atoms with Crippen LogP contribution in [0.5, 0.6) is 5.75 Å². The molecular formula is C15H13BrF2O2. The summed E-state index contributed by atoms with van der Waals surface area (Å²) in [6.07, 6.45) is -1.43. The predicted molar refractivity (Wildman–Crippen MR) is 75.9 cm³/mol. The van der Waals surface area contributed by atoms with Gasteiger partial charge in [-0.3, -0.25) is 0 Å². The van der Waals surface area contributed by atoms with E-state index in [-0.39, 0.29) is 4.47 Å². The molecule has 5 heteroatoms. The van der Waals surface area contributed by atoms with Crippen LogP contribution in [0.15, 0.2) is 34.8 Å². The van der Waals surface area contributed by atoms with Crippen LogP contribution in [0.4, 0.5) is 8.78 Å². The Hall–Kier alpha value is -1.46. The Balaban J connectivity index is 2.57. The third-order valence-electron chi connectivity index (χ3n) is 3.00. The zero-order valence-electron chi connectivity index (χ0n) is 11.0. The number of aliphatic hydroxyl groups is 1. The summed E-state index contributed by atoms with van der Waals surface area (Å²) in [5, 5.41) is 10.3. The van der Waals surface area contributed by atoms with Gasteiger partial charge in [0.25, 0.3) is 0 Å². The van der Waals surface area contributed by atoms with Gasteiger partial charge in [0.2, 0.25) is 0 Å². The van der Waals surface area contributed by atoms with Crippen molar-refractivity contribution in [3.63, 3.8) is 0 Å². The average Bonchev–Trinajstić information content (AvgIpc) is 2.37. The second-order valence-electron chi connectivity index (χ2n) is 4.43. The normalized spacial score (nSPS) is 12.3. The SMILES string of the molecule is COc1ccc(C)cc1C(O)c1c(F)cc(Br)cc1F. The van der Waals surface area contributed by atoms with Crippen LogP contribution in [0.3, 0.4) is 0 Å². The fourth-order valence-corrected chi connectivity index (χ4v) is 2.44. The minimum atomic E-state index is -1.43. The number of methoxy groups -OCH3 is 1. The smallest absolute Gasteiger partial charge is 0.133 e. The molecule has 1 atom stereocenters.